The molecule has 0 saturated carbocycles. The zero-order valence-corrected chi connectivity index (χ0v) is 16.5. The molecule has 0 unspecified atom stereocenters. The summed E-state index contributed by atoms with van der Waals surface area (Å²) in [4.78, 5) is 18.6. The van der Waals surface area contributed by atoms with Crippen LogP contribution in [0.1, 0.15) is 35.9 Å². The lowest BCUT2D eigenvalue weighted by atomic mass is 9.98. The van der Waals surface area contributed by atoms with Crippen LogP contribution in [0.25, 0.3) is 10.2 Å². The van der Waals surface area contributed by atoms with E-state index in [0.717, 1.165) is 21.0 Å². The van der Waals surface area contributed by atoms with E-state index >= 15 is 0 Å². The van der Waals surface area contributed by atoms with E-state index in [1.54, 1.807) is 23.3 Å². The highest BCUT2D eigenvalue weighted by atomic mass is 32.1. The highest BCUT2D eigenvalue weighted by Gasteiger charge is 2.13. The molecule has 0 bridgehead atoms. The van der Waals surface area contributed by atoms with Crippen molar-refractivity contribution in [2.24, 2.45) is 0 Å². The van der Waals surface area contributed by atoms with Gasteiger partial charge in [-0.05, 0) is 48.2 Å². The fourth-order valence-electron chi connectivity index (χ4n) is 2.92. The lowest BCUT2D eigenvalue weighted by Crippen LogP contribution is -2.30. The Kier molecular flexibility index (Phi) is 5.57. The van der Waals surface area contributed by atoms with Crippen molar-refractivity contribution in [2.75, 3.05) is 13.7 Å². The summed E-state index contributed by atoms with van der Waals surface area (Å²) in [5, 5.41) is 0.930. The van der Waals surface area contributed by atoms with Gasteiger partial charge in [0.15, 0.2) is 6.61 Å². The number of likely N-dealkylation sites (N-methyl/N-ethyl adjacent to an activating group) is 1. The SMILES string of the molecule is Cc1cc(OCC(=O)N(C)Cc2nc3ccccc3s2)ccc1C(C)C. The van der Waals surface area contributed by atoms with E-state index in [-0.39, 0.29) is 12.5 Å². The van der Waals surface area contributed by atoms with Crippen LogP contribution in [-0.2, 0) is 11.3 Å². The first-order valence-electron chi connectivity index (χ1n) is 8.76. The molecule has 0 fully saturated rings. The first-order valence-corrected chi connectivity index (χ1v) is 9.57. The number of carbonyl (C=O) groups is 1. The summed E-state index contributed by atoms with van der Waals surface area (Å²) in [6.07, 6.45) is 0. The van der Waals surface area contributed by atoms with Gasteiger partial charge in [0.2, 0.25) is 0 Å². The van der Waals surface area contributed by atoms with Crippen LogP contribution in [0.5, 0.6) is 5.75 Å². The lowest BCUT2D eigenvalue weighted by Gasteiger charge is -2.17. The van der Waals surface area contributed by atoms with Gasteiger partial charge in [-0.3, -0.25) is 4.79 Å². The maximum atomic E-state index is 12.4. The summed E-state index contributed by atoms with van der Waals surface area (Å²) in [6.45, 7) is 6.94. The molecule has 1 amide bonds. The molecule has 3 aromatic rings. The molecular formula is C21H24N2O2S. The van der Waals surface area contributed by atoms with E-state index in [1.807, 2.05) is 36.4 Å². The van der Waals surface area contributed by atoms with Gasteiger partial charge in [0.25, 0.3) is 5.91 Å². The van der Waals surface area contributed by atoms with E-state index in [1.165, 1.54) is 11.1 Å². The predicted octanol–water partition coefficient (Wildman–Crippen LogP) is 4.77. The van der Waals surface area contributed by atoms with Crippen LogP contribution >= 0.6 is 11.3 Å². The first kappa shape index (κ1) is 18.4. The molecule has 0 atom stereocenters. The quantitative estimate of drug-likeness (QED) is 0.630. The van der Waals surface area contributed by atoms with Gasteiger partial charge in [0.1, 0.15) is 10.8 Å². The number of para-hydroxylation sites is 1. The van der Waals surface area contributed by atoms with Gasteiger partial charge < -0.3 is 9.64 Å². The molecular weight excluding hydrogens is 344 g/mol. The van der Waals surface area contributed by atoms with Crippen LogP contribution < -0.4 is 4.74 Å². The topological polar surface area (TPSA) is 42.4 Å². The molecule has 4 nitrogen and oxygen atoms in total. The maximum Gasteiger partial charge on any atom is 0.260 e. The maximum absolute atomic E-state index is 12.4. The molecule has 2 aromatic carbocycles. The Morgan fingerprint density at radius 2 is 2.00 bits per heavy atom. The van der Waals surface area contributed by atoms with E-state index in [9.17, 15) is 4.79 Å². The second-order valence-corrected chi connectivity index (χ2v) is 7.90. The number of aromatic nitrogens is 1. The number of amides is 1. The van der Waals surface area contributed by atoms with Crippen molar-refractivity contribution in [1.82, 2.24) is 9.88 Å². The monoisotopic (exact) mass is 368 g/mol. The highest BCUT2D eigenvalue weighted by molar-refractivity contribution is 7.18. The number of hydrogen-bond acceptors (Lipinski definition) is 4. The predicted molar refractivity (Wildman–Crippen MR) is 107 cm³/mol. The number of thiazole rings is 1. The molecule has 0 aliphatic carbocycles. The first-order chi connectivity index (χ1) is 12.4. The minimum Gasteiger partial charge on any atom is -0.484 e. The summed E-state index contributed by atoms with van der Waals surface area (Å²) in [5.41, 5.74) is 3.47. The molecule has 0 aliphatic heterocycles. The molecule has 3 rings (SSSR count). The lowest BCUT2D eigenvalue weighted by molar-refractivity contribution is -0.132. The van der Waals surface area contributed by atoms with Crippen molar-refractivity contribution in [3.63, 3.8) is 0 Å². The van der Waals surface area contributed by atoms with Gasteiger partial charge in [-0.2, -0.15) is 0 Å². The molecule has 0 saturated heterocycles. The van der Waals surface area contributed by atoms with Crippen molar-refractivity contribution in [2.45, 2.75) is 33.2 Å². The minimum atomic E-state index is -0.0603. The Labute approximate surface area is 158 Å². The Morgan fingerprint density at radius 3 is 2.69 bits per heavy atom. The van der Waals surface area contributed by atoms with E-state index < -0.39 is 0 Å². The van der Waals surface area contributed by atoms with Crippen molar-refractivity contribution >= 4 is 27.5 Å². The third-order valence-corrected chi connectivity index (χ3v) is 5.38. The smallest absolute Gasteiger partial charge is 0.260 e. The number of aryl methyl sites for hydroxylation is 1. The second kappa shape index (κ2) is 7.87. The largest absolute Gasteiger partial charge is 0.484 e. The number of rotatable bonds is 6. The van der Waals surface area contributed by atoms with Gasteiger partial charge in [0.05, 0.1) is 16.8 Å². The van der Waals surface area contributed by atoms with Crippen molar-refractivity contribution in [1.29, 1.82) is 0 Å². The van der Waals surface area contributed by atoms with Gasteiger partial charge in [-0.1, -0.05) is 32.0 Å². The van der Waals surface area contributed by atoms with Crippen LogP contribution in [0.4, 0.5) is 0 Å². The van der Waals surface area contributed by atoms with Crippen LogP contribution in [0.15, 0.2) is 42.5 Å². The Hall–Kier alpha value is -2.40. The summed E-state index contributed by atoms with van der Waals surface area (Å²) in [6, 6.07) is 14.0. The molecule has 0 spiro atoms. The van der Waals surface area contributed by atoms with Crippen molar-refractivity contribution < 1.29 is 9.53 Å². The van der Waals surface area contributed by atoms with Gasteiger partial charge in [-0.15, -0.1) is 11.3 Å². The fraction of sp³-hybridized carbons (Fsp3) is 0.333. The summed E-state index contributed by atoms with van der Waals surface area (Å²) < 4.78 is 6.83. The number of ether oxygens (including phenoxy) is 1. The number of hydrogen-bond donors (Lipinski definition) is 0. The zero-order valence-electron chi connectivity index (χ0n) is 15.7. The molecule has 1 aromatic heterocycles. The summed E-state index contributed by atoms with van der Waals surface area (Å²) in [7, 11) is 1.78. The average Bonchev–Trinajstić information content (AvgIpc) is 3.01. The van der Waals surface area contributed by atoms with Gasteiger partial charge in [0, 0.05) is 7.05 Å². The molecule has 5 heteroatoms. The van der Waals surface area contributed by atoms with Gasteiger partial charge in [-0.25, -0.2) is 4.98 Å². The third kappa shape index (κ3) is 4.22. The Bertz CT molecular complexity index is 884. The average molecular weight is 369 g/mol. The molecule has 136 valence electrons. The number of carbonyl (C=O) groups excluding carboxylic acids is 1. The molecule has 0 radical (unpaired) electrons. The van der Waals surface area contributed by atoms with E-state index in [0.29, 0.717) is 12.5 Å². The van der Waals surface area contributed by atoms with Crippen LogP contribution in [-0.4, -0.2) is 29.4 Å². The molecule has 1 heterocycles. The van der Waals surface area contributed by atoms with E-state index in [4.69, 9.17) is 4.74 Å². The minimum absolute atomic E-state index is 0.0296. The number of benzene rings is 2. The standard InChI is InChI=1S/C21H24N2O2S/c1-14(2)17-10-9-16(11-15(17)3)25-13-21(24)23(4)12-20-22-18-7-5-6-8-19(18)26-20/h5-11,14H,12-13H2,1-4H3. The number of nitrogens with zero attached hydrogens (tertiary/aromatic N) is 2. The molecule has 0 aliphatic rings. The van der Waals surface area contributed by atoms with Crippen LogP contribution in [0.2, 0.25) is 0 Å². The second-order valence-electron chi connectivity index (χ2n) is 6.79. The normalized spacial score (nSPS) is 11.1. The Balaban J connectivity index is 1.58. The fourth-order valence-corrected chi connectivity index (χ4v) is 3.94. The summed E-state index contributed by atoms with van der Waals surface area (Å²) >= 11 is 1.62. The molecule has 26 heavy (non-hydrogen) atoms. The summed E-state index contributed by atoms with van der Waals surface area (Å²) in [5.74, 6) is 1.15. The van der Waals surface area contributed by atoms with Crippen LogP contribution in [0.3, 0.4) is 0 Å². The third-order valence-electron chi connectivity index (χ3n) is 4.36. The van der Waals surface area contributed by atoms with E-state index in [2.05, 4.69) is 31.8 Å². The van der Waals surface area contributed by atoms with Crippen molar-refractivity contribution in [3.05, 3.63) is 58.6 Å². The highest BCUT2D eigenvalue weighted by Crippen LogP contribution is 2.24. The number of fused-ring (bicyclic) bond motifs is 1. The zero-order chi connectivity index (χ0) is 18.7. The van der Waals surface area contributed by atoms with Gasteiger partial charge >= 0.3 is 0 Å². The molecule has 0 N–H and O–H groups in total. The Morgan fingerprint density at radius 1 is 1.23 bits per heavy atom. The van der Waals surface area contributed by atoms with Crippen molar-refractivity contribution in [3.8, 4) is 5.75 Å². The van der Waals surface area contributed by atoms with Crippen LogP contribution in [0, 0.1) is 6.92 Å².